The van der Waals surface area contributed by atoms with Crippen LogP contribution in [0.25, 0.3) is 6.08 Å². The van der Waals surface area contributed by atoms with Gasteiger partial charge in [0.05, 0.1) is 21.5 Å². The lowest BCUT2D eigenvalue weighted by Crippen LogP contribution is -2.44. The second-order valence-corrected chi connectivity index (χ2v) is 10.9. The molecule has 0 bridgehead atoms. The number of carbonyl (C=O) groups excluding carboxylic acids is 2. The second kappa shape index (κ2) is 11.8. The molecule has 3 aromatic rings. The van der Waals surface area contributed by atoms with Crippen molar-refractivity contribution in [2.75, 3.05) is 7.11 Å². The van der Waals surface area contributed by atoms with E-state index < -0.39 is 17.6 Å². The van der Waals surface area contributed by atoms with Crippen LogP contribution in [0.4, 0.5) is 4.39 Å². The molecule has 0 saturated carbocycles. The van der Waals surface area contributed by atoms with Gasteiger partial charge in [-0.1, -0.05) is 41.0 Å². The highest BCUT2D eigenvalue weighted by atomic mass is 79.9. The van der Waals surface area contributed by atoms with E-state index >= 15 is 0 Å². The third kappa shape index (κ3) is 6.27. The lowest BCUT2D eigenvalue weighted by Gasteiger charge is -2.15. The first kappa shape index (κ1) is 27.4. The maximum atomic E-state index is 14.1. The van der Waals surface area contributed by atoms with Crippen molar-refractivity contribution in [2.24, 2.45) is 0 Å². The fourth-order valence-corrected chi connectivity index (χ4v) is 5.36. The van der Waals surface area contributed by atoms with Crippen LogP contribution in [0.15, 0.2) is 64.0 Å². The zero-order valence-electron chi connectivity index (χ0n) is 18.9. The summed E-state index contributed by atoms with van der Waals surface area (Å²) in [5.41, 5.74) is 3.66. The molecule has 1 aliphatic heterocycles. The standard InChI is InChI=1S/C25H16BrCl2FN2O4S2/c1-34-20-10-13(9-17(26)22(20)35-12-16-18(28)3-2-4-19(16)29)11-21-24(33)31(25(36)37-21)30-23(32)14-5-7-15(27)8-6-14/h2-11H,12H2,1H3,(H,30,32)/b21-11+. The van der Waals surface area contributed by atoms with Gasteiger partial charge in [0.1, 0.15) is 12.4 Å². The summed E-state index contributed by atoms with van der Waals surface area (Å²) < 4.78 is 26.1. The van der Waals surface area contributed by atoms with Crippen LogP contribution >= 0.6 is 63.1 Å². The minimum absolute atomic E-state index is 0.119. The number of halogens is 4. The second-order valence-electron chi connectivity index (χ2n) is 7.49. The van der Waals surface area contributed by atoms with Crippen molar-refractivity contribution in [1.82, 2.24) is 10.4 Å². The highest BCUT2D eigenvalue weighted by Gasteiger charge is 2.34. The molecule has 37 heavy (non-hydrogen) atoms. The van der Waals surface area contributed by atoms with E-state index in [4.69, 9.17) is 44.9 Å². The monoisotopic (exact) mass is 640 g/mol. The highest BCUT2D eigenvalue weighted by Crippen LogP contribution is 2.39. The lowest BCUT2D eigenvalue weighted by molar-refractivity contribution is -0.123. The summed E-state index contributed by atoms with van der Waals surface area (Å²) in [6.07, 6.45) is 1.61. The largest absolute Gasteiger partial charge is 0.493 e. The molecule has 1 aliphatic rings. The number of amides is 2. The van der Waals surface area contributed by atoms with E-state index in [0.29, 0.717) is 37.0 Å². The number of thioether (sulfide) groups is 1. The molecule has 2 amide bonds. The Hall–Kier alpha value is -2.63. The van der Waals surface area contributed by atoms with Crippen LogP contribution in [0.2, 0.25) is 10.0 Å². The van der Waals surface area contributed by atoms with Crippen LogP contribution < -0.4 is 14.9 Å². The van der Waals surface area contributed by atoms with Gasteiger partial charge >= 0.3 is 0 Å². The molecule has 0 atom stereocenters. The molecule has 4 rings (SSSR count). The van der Waals surface area contributed by atoms with Crippen molar-refractivity contribution in [3.05, 3.63) is 96.5 Å². The maximum absolute atomic E-state index is 14.1. The molecule has 0 aliphatic carbocycles. The Bertz CT molecular complexity index is 1420. The number of hydrogen-bond acceptors (Lipinski definition) is 6. The van der Waals surface area contributed by atoms with Gasteiger partial charge in [-0.25, -0.2) is 4.39 Å². The molecule has 1 saturated heterocycles. The molecule has 6 nitrogen and oxygen atoms in total. The quantitative estimate of drug-likeness (QED) is 0.221. The van der Waals surface area contributed by atoms with Gasteiger partial charge < -0.3 is 9.47 Å². The van der Waals surface area contributed by atoms with Crippen LogP contribution in [-0.4, -0.2) is 28.3 Å². The molecule has 1 heterocycles. The molecule has 0 spiro atoms. The van der Waals surface area contributed by atoms with Crippen LogP contribution in [0, 0.1) is 5.82 Å². The lowest BCUT2D eigenvalue weighted by atomic mass is 10.1. The van der Waals surface area contributed by atoms with E-state index in [1.165, 1.54) is 19.2 Å². The summed E-state index contributed by atoms with van der Waals surface area (Å²) in [6, 6.07) is 14.0. The smallest absolute Gasteiger partial charge is 0.285 e. The summed E-state index contributed by atoms with van der Waals surface area (Å²) in [7, 11) is 1.46. The number of nitrogens with one attached hydrogen (secondary N) is 1. The van der Waals surface area contributed by atoms with E-state index in [9.17, 15) is 14.0 Å². The first-order valence-electron chi connectivity index (χ1n) is 10.5. The van der Waals surface area contributed by atoms with E-state index in [1.54, 1.807) is 48.5 Å². The molecule has 12 heteroatoms. The predicted octanol–water partition coefficient (Wildman–Crippen LogP) is 7.03. The average Bonchev–Trinajstić information content (AvgIpc) is 3.12. The van der Waals surface area contributed by atoms with Crippen LogP contribution in [0.1, 0.15) is 21.5 Å². The van der Waals surface area contributed by atoms with Crippen molar-refractivity contribution < 1.29 is 23.5 Å². The van der Waals surface area contributed by atoms with Crippen molar-refractivity contribution >= 4 is 85.3 Å². The predicted molar refractivity (Wildman–Crippen MR) is 150 cm³/mol. The third-order valence-electron chi connectivity index (χ3n) is 5.09. The van der Waals surface area contributed by atoms with Gasteiger partial charge in [-0.3, -0.25) is 15.0 Å². The van der Waals surface area contributed by atoms with Gasteiger partial charge in [-0.05, 0) is 88.3 Å². The molecule has 190 valence electrons. The molecule has 0 aromatic heterocycles. The van der Waals surface area contributed by atoms with Gasteiger partial charge in [0, 0.05) is 16.1 Å². The fraction of sp³-hybridized carbons (Fsp3) is 0.0800. The van der Waals surface area contributed by atoms with Gasteiger partial charge in [0.15, 0.2) is 15.8 Å². The Kier molecular flexibility index (Phi) is 8.76. The number of thiocarbonyl (C=S) groups is 1. The first-order valence-corrected chi connectivity index (χ1v) is 13.2. The number of rotatable bonds is 7. The topological polar surface area (TPSA) is 67.9 Å². The fourth-order valence-electron chi connectivity index (χ4n) is 3.26. The van der Waals surface area contributed by atoms with Crippen molar-refractivity contribution in [3.8, 4) is 11.5 Å². The van der Waals surface area contributed by atoms with Gasteiger partial charge in [0.2, 0.25) is 0 Å². The number of carbonyl (C=O) groups is 2. The van der Waals surface area contributed by atoms with E-state index in [2.05, 4.69) is 21.4 Å². The number of nitrogens with zero attached hydrogens (tertiary/aromatic N) is 1. The molecule has 3 aromatic carbocycles. The number of hydrazine groups is 1. The minimum atomic E-state index is -0.505. The van der Waals surface area contributed by atoms with E-state index in [0.717, 1.165) is 16.8 Å². The van der Waals surface area contributed by atoms with Gasteiger partial charge in [0.25, 0.3) is 11.8 Å². The van der Waals surface area contributed by atoms with E-state index in [-0.39, 0.29) is 21.5 Å². The van der Waals surface area contributed by atoms with Crippen molar-refractivity contribution in [3.63, 3.8) is 0 Å². The zero-order chi connectivity index (χ0) is 26.7. The Labute approximate surface area is 239 Å². The van der Waals surface area contributed by atoms with Crippen molar-refractivity contribution in [1.29, 1.82) is 0 Å². The van der Waals surface area contributed by atoms with Crippen LogP contribution in [0.3, 0.4) is 0 Å². The summed E-state index contributed by atoms with van der Waals surface area (Å²) >= 11 is 21.7. The molecule has 0 radical (unpaired) electrons. The number of benzene rings is 3. The molecule has 0 unspecified atom stereocenters. The third-order valence-corrected chi connectivity index (χ3v) is 7.58. The summed E-state index contributed by atoms with van der Waals surface area (Å²) in [5.74, 6) is -0.789. The zero-order valence-corrected chi connectivity index (χ0v) is 23.6. The first-order chi connectivity index (χ1) is 17.7. The van der Waals surface area contributed by atoms with Gasteiger partial charge in [-0.2, -0.15) is 5.01 Å². The Balaban J connectivity index is 1.52. The Morgan fingerprint density at radius 1 is 1.22 bits per heavy atom. The molecule has 1 fully saturated rings. The molecule has 1 N–H and O–H groups in total. The van der Waals surface area contributed by atoms with Crippen molar-refractivity contribution in [2.45, 2.75) is 6.61 Å². The summed E-state index contributed by atoms with van der Waals surface area (Å²) in [5, 5.41) is 1.75. The summed E-state index contributed by atoms with van der Waals surface area (Å²) in [4.78, 5) is 25.8. The van der Waals surface area contributed by atoms with E-state index in [1.807, 2.05) is 0 Å². The van der Waals surface area contributed by atoms with Gasteiger partial charge in [-0.15, -0.1) is 0 Å². The maximum Gasteiger partial charge on any atom is 0.285 e. The number of methoxy groups -OCH3 is 1. The van der Waals surface area contributed by atoms with Crippen LogP contribution in [0.5, 0.6) is 11.5 Å². The SMILES string of the molecule is COc1cc(/C=C2/SC(=S)N(NC(=O)c3ccc(Cl)cc3)C2=O)cc(Br)c1OCc1c(F)cccc1Cl. The normalized spacial score (nSPS) is 14.3. The molecular weight excluding hydrogens is 626 g/mol. The Morgan fingerprint density at radius 2 is 1.95 bits per heavy atom. The highest BCUT2D eigenvalue weighted by molar-refractivity contribution is 9.10. The minimum Gasteiger partial charge on any atom is -0.493 e. The summed E-state index contributed by atoms with van der Waals surface area (Å²) in [6.45, 7) is -0.119. The average molecular weight is 642 g/mol. The number of hydrogen-bond donors (Lipinski definition) is 1. The Morgan fingerprint density at radius 3 is 2.62 bits per heavy atom. The number of ether oxygens (including phenoxy) is 2. The molecular formula is C25H16BrCl2FN2O4S2. The van der Waals surface area contributed by atoms with Crippen LogP contribution in [-0.2, 0) is 11.4 Å².